The molecular weight excluding hydrogens is 258 g/mol. The predicted molar refractivity (Wildman–Crippen MR) is 73.3 cm³/mol. The van der Waals surface area contributed by atoms with Gasteiger partial charge in [-0.2, -0.15) is 0 Å². The Kier molecular flexibility index (Phi) is 3.51. The maximum atomic E-state index is 6.04. The van der Waals surface area contributed by atoms with Crippen LogP contribution in [0.2, 0.25) is 0 Å². The zero-order chi connectivity index (χ0) is 13.9. The summed E-state index contributed by atoms with van der Waals surface area (Å²) >= 11 is 0. The molecule has 0 atom stereocenters. The summed E-state index contributed by atoms with van der Waals surface area (Å²) in [4.78, 5) is 0. The summed E-state index contributed by atoms with van der Waals surface area (Å²) in [5, 5.41) is 12.0. The maximum absolute atomic E-state index is 6.04. The van der Waals surface area contributed by atoms with E-state index in [1.165, 1.54) is 0 Å². The van der Waals surface area contributed by atoms with Gasteiger partial charge in [0.25, 0.3) is 0 Å². The Balaban J connectivity index is 2.00. The minimum absolute atomic E-state index is 0.249. The number of nitrogen functional groups attached to an aromatic ring is 1. The third-order valence-corrected chi connectivity index (χ3v) is 3.53. The van der Waals surface area contributed by atoms with Crippen LogP contribution in [0.3, 0.4) is 0 Å². The molecule has 106 valence electrons. The lowest BCUT2D eigenvalue weighted by Gasteiger charge is -2.23. The summed E-state index contributed by atoms with van der Waals surface area (Å²) in [6.07, 6.45) is 1.81. The van der Waals surface area contributed by atoms with Gasteiger partial charge in [0.15, 0.2) is 5.82 Å². The van der Waals surface area contributed by atoms with Gasteiger partial charge in [-0.25, -0.2) is 4.68 Å². The fourth-order valence-electron chi connectivity index (χ4n) is 2.40. The van der Waals surface area contributed by atoms with Gasteiger partial charge in [-0.15, -0.1) is 5.10 Å². The standard InChI is InChI=1S/C13H17N5O2/c1-19-10-2-3-12(14)11(8-10)13-15-16-17-18(13)9-4-6-20-7-5-9/h2-3,8-9H,4-7,14H2,1H3. The van der Waals surface area contributed by atoms with Crippen LogP contribution in [0.1, 0.15) is 18.9 Å². The van der Waals surface area contributed by atoms with Gasteiger partial charge in [0.05, 0.1) is 13.2 Å². The topological polar surface area (TPSA) is 88.1 Å². The van der Waals surface area contributed by atoms with Crippen molar-refractivity contribution in [2.45, 2.75) is 18.9 Å². The van der Waals surface area contributed by atoms with E-state index in [0.29, 0.717) is 11.5 Å². The van der Waals surface area contributed by atoms with Crippen LogP contribution in [0.5, 0.6) is 5.75 Å². The highest BCUT2D eigenvalue weighted by molar-refractivity contribution is 5.73. The first-order chi connectivity index (χ1) is 9.79. The monoisotopic (exact) mass is 275 g/mol. The molecule has 1 fully saturated rings. The normalized spacial score (nSPS) is 16.2. The number of nitrogens with two attached hydrogens (primary N) is 1. The van der Waals surface area contributed by atoms with Gasteiger partial charge in [0.1, 0.15) is 5.75 Å². The van der Waals surface area contributed by atoms with Crippen molar-refractivity contribution in [3.05, 3.63) is 18.2 Å². The minimum Gasteiger partial charge on any atom is -0.497 e. The van der Waals surface area contributed by atoms with E-state index >= 15 is 0 Å². The Morgan fingerprint density at radius 3 is 2.90 bits per heavy atom. The van der Waals surface area contributed by atoms with Crippen LogP contribution in [0.15, 0.2) is 18.2 Å². The summed E-state index contributed by atoms with van der Waals surface area (Å²) in [6, 6.07) is 5.73. The van der Waals surface area contributed by atoms with E-state index in [-0.39, 0.29) is 6.04 Å². The molecule has 0 amide bonds. The molecule has 0 spiro atoms. The maximum Gasteiger partial charge on any atom is 0.184 e. The summed E-state index contributed by atoms with van der Waals surface area (Å²) < 4.78 is 12.5. The molecule has 1 saturated heterocycles. The van der Waals surface area contributed by atoms with E-state index in [9.17, 15) is 0 Å². The second-order valence-electron chi connectivity index (χ2n) is 4.74. The average Bonchev–Trinajstić information content (AvgIpc) is 2.98. The van der Waals surface area contributed by atoms with Crippen molar-refractivity contribution in [2.75, 3.05) is 26.1 Å². The van der Waals surface area contributed by atoms with Crippen LogP contribution in [0.4, 0.5) is 5.69 Å². The molecule has 1 aromatic heterocycles. The molecule has 0 radical (unpaired) electrons. The van der Waals surface area contributed by atoms with Gasteiger partial charge in [-0.3, -0.25) is 0 Å². The first-order valence-corrected chi connectivity index (χ1v) is 6.59. The zero-order valence-electron chi connectivity index (χ0n) is 11.3. The van der Waals surface area contributed by atoms with Crippen molar-refractivity contribution in [3.63, 3.8) is 0 Å². The molecule has 1 aliphatic rings. The van der Waals surface area contributed by atoms with Crippen LogP contribution in [-0.4, -0.2) is 40.5 Å². The van der Waals surface area contributed by atoms with Crippen molar-refractivity contribution in [2.24, 2.45) is 0 Å². The number of ether oxygens (including phenoxy) is 2. The molecule has 3 rings (SSSR count). The van der Waals surface area contributed by atoms with E-state index in [1.54, 1.807) is 13.2 Å². The zero-order valence-corrected chi connectivity index (χ0v) is 11.3. The second-order valence-corrected chi connectivity index (χ2v) is 4.74. The molecule has 0 aliphatic carbocycles. The van der Waals surface area contributed by atoms with Gasteiger partial charge in [0, 0.05) is 24.5 Å². The SMILES string of the molecule is COc1ccc(N)c(-c2nnnn2C2CCOCC2)c1. The second kappa shape index (κ2) is 5.46. The Bertz CT molecular complexity index is 592. The van der Waals surface area contributed by atoms with E-state index in [4.69, 9.17) is 15.2 Å². The molecule has 7 nitrogen and oxygen atoms in total. The number of methoxy groups -OCH3 is 1. The van der Waals surface area contributed by atoms with Crippen LogP contribution in [0.25, 0.3) is 11.4 Å². The molecular formula is C13H17N5O2. The average molecular weight is 275 g/mol. The van der Waals surface area contributed by atoms with Crippen molar-refractivity contribution < 1.29 is 9.47 Å². The van der Waals surface area contributed by atoms with E-state index in [0.717, 1.165) is 37.4 Å². The third kappa shape index (κ3) is 2.32. The van der Waals surface area contributed by atoms with E-state index in [1.807, 2.05) is 16.8 Å². The Hall–Kier alpha value is -2.15. The number of hydrogen-bond acceptors (Lipinski definition) is 6. The Labute approximate surface area is 116 Å². The van der Waals surface area contributed by atoms with Gasteiger partial charge in [-0.1, -0.05) is 0 Å². The summed E-state index contributed by atoms with van der Waals surface area (Å²) in [5.41, 5.74) is 7.47. The number of rotatable bonds is 3. The van der Waals surface area contributed by atoms with Crippen molar-refractivity contribution >= 4 is 5.69 Å². The molecule has 0 bridgehead atoms. The highest BCUT2D eigenvalue weighted by Gasteiger charge is 2.22. The lowest BCUT2D eigenvalue weighted by Crippen LogP contribution is -2.21. The van der Waals surface area contributed by atoms with Crippen LogP contribution < -0.4 is 10.5 Å². The molecule has 2 aromatic rings. The van der Waals surface area contributed by atoms with Crippen molar-refractivity contribution in [1.82, 2.24) is 20.2 Å². The summed E-state index contributed by atoms with van der Waals surface area (Å²) in [7, 11) is 1.62. The predicted octanol–water partition coefficient (Wildman–Crippen LogP) is 1.28. The molecule has 1 aliphatic heterocycles. The highest BCUT2D eigenvalue weighted by atomic mass is 16.5. The van der Waals surface area contributed by atoms with Gasteiger partial charge < -0.3 is 15.2 Å². The van der Waals surface area contributed by atoms with Gasteiger partial charge in [-0.05, 0) is 41.5 Å². The van der Waals surface area contributed by atoms with Crippen molar-refractivity contribution in [3.8, 4) is 17.1 Å². The highest BCUT2D eigenvalue weighted by Crippen LogP contribution is 2.31. The van der Waals surface area contributed by atoms with E-state index in [2.05, 4.69) is 15.5 Å². The number of aromatic nitrogens is 4. The molecule has 2 heterocycles. The molecule has 0 unspecified atom stereocenters. The molecule has 1 aromatic carbocycles. The third-order valence-electron chi connectivity index (χ3n) is 3.53. The fourth-order valence-corrected chi connectivity index (χ4v) is 2.40. The number of tetrazole rings is 1. The fraction of sp³-hybridized carbons (Fsp3) is 0.462. The van der Waals surface area contributed by atoms with Crippen LogP contribution in [0, 0.1) is 0 Å². The largest absolute Gasteiger partial charge is 0.497 e. The number of hydrogen-bond donors (Lipinski definition) is 1. The lowest BCUT2D eigenvalue weighted by molar-refractivity contribution is 0.0662. The Morgan fingerprint density at radius 1 is 1.35 bits per heavy atom. The Morgan fingerprint density at radius 2 is 2.15 bits per heavy atom. The van der Waals surface area contributed by atoms with Crippen molar-refractivity contribution in [1.29, 1.82) is 0 Å². The minimum atomic E-state index is 0.249. The number of nitrogens with zero attached hydrogens (tertiary/aromatic N) is 4. The van der Waals surface area contributed by atoms with E-state index < -0.39 is 0 Å². The lowest BCUT2D eigenvalue weighted by atomic mass is 10.1. The van der Waals surface area contributed by atoms with Gasteiger partial charge in [0.2, 0.25) is 0 Å². The number of anilines is 1. The molecule has 7 heteroatoms. The first-order valence-electron chi connectivity index (χ1n) is 6.59. The molecule has 2 N–H and O–H groups in total. The van der Waals surface area contributed by atoms with Crippen LogP contribution >= 0.6 is 0 Å². The number of benzene rings is 1. The molecule has 0 saturated carbocycles. The smallest absolute Gasteiger partial charge is 0.184 e. The first kappa shape index (κ1) is 12.9. The van der Waals surface area contributed by atoms with Gasteiger partial charge >= 0.3 is 0 Å². The molecule has 20 heavy (non-hydrogen) atoms. The quantitative estimate of drug-likeness (QED) is 0.849. The summed E-state index contributed by atoms with van der Waals surface area (Å²) in [6.45, 7) is 1.47. The van der Waals surface area contributed by atoms with Crippen LogP contribution in [-0.2, 0) is 4.74 Å². The summed E-state index contributed by atoms with van der Waals surface area (Å²) in [5.74, 6) is 1.41.